The van der Waals surface area contributed by atoms with Gasteiger partial charge in [-0.3, -0.25) is 4.72 Å². The summed E-state index contributed by atoms with van der Waals surface area (Å²) in [6, 6.07) is 8.54. The third-order valence-electron chi connectivity index (χ3n) is 2.38. The summed E-state index contributed by atoms with van der Waals surface area (Å²) < 4.78 is 26.8. The number of nitrogens with one attached hydrogen (secondary N) is 1. The minimum absolute atomic E-state index is 0.131. The Morgan fingerprint density at radius 2 is 2.00 bits per heavy atom. The van der Waals surface area contributed by atoms with Gasteiger partial charge in [0.05, 0.1) is 10.5 Å². The molecule has 0 amide bonds. The van der Waals surface area contributed by atoms with E-state index < -0.39 is 16.0 Å². The van der Waals surface area contributed by atoms with Crippen molar-refractivity contribution in [1.82, 2.24) is 4.98 Å². The molecule has 1 heterocycles. The molecule has 0 radical (unpaired) electrons. The lowest BCUT2D eigenvalue weighted by Gasteiger charge is -2.08. The number of rotatable bonds is 4. The Hall–Kier alpha value is -1.93. The number of sulfonamides is 1. The smallest absolute Gasteiger partial charge is 0.336 e. The maximum atomic E-state index is 12.1. The zero-order valence-corrected chi connectivity index (χ0v) is 12.3. The highest BCUT2D eigenvalue weighted by Gasteiger charge is 2.18. The Balaban J connectivity index is 2.40. The van der Waals surface area contributed by atoms with Crippen LogP contribution in [0.15, 0.2) is 52.0 Å². The summed E-state index contributed by atoms with van der Waals surface area (Å²) in [5, 5.41) is 8.99. The van der Waals surface area contributed by atoms with Crippen LogP contribution in [-0.2, 0) is 10.0 Å². The van der Waals surface area contributed by atoms with E-state index in [1.54, 1.807) is 12.1 Å². The van der Waals surface area contributed by atoms with Gasteiger partial charge in [0.25, 0.3) is 10.0 Å². The van der Waals surface area contributed by atoms with Gasteiger partial charge in [0.2, 0.25) is 0 Å². The quantitative estimate of drug-likeness (QED) is 0.876. The number of anilines is 1. The Labute approximate surface area is 123 Å². The average Bonchev–Trinajstić information content (AvgIpc) is 2.39. The van der Waals surface area contributed by atoms with E-state index in [2.05, 4.69) is 25.6 Å². The van der Waals surface area contributed by atoms with Crippen LogP contribution in [-0.4, -0.2) is 24.5 Å². The molecule has 0 aliphatic rings. The number of hydrogen-bond donors (Lipinski definition) is 2. The highest BCUT2D eigenvalue weighted by Crippen LogP contribution is 2.22. The minimum atomic E-state index is -3.88. The van der Waals surface area contributed by atoms with Crippen molar-refractivity contribution >= 4 is 37.7 Å². The molecule has 0 spiro atoms. The van der Waals surface area contributed by atoms with E-state index in [0.29, 0.717) is 4.47 Å². The lowest BCUT2D eigenvalue weighted by molar-refractivity contribution is 0.0695. The first-order valence-electron chi connectivity index (χ1n) is 5.37. The molecule has 104 valence electrons. The molecule has 1 aromatic heterocycles. The van der Waals surface area contributed by atoms with Crippen LogP contribution in [0.2, 0.25) is 0 Å². The molecule has 1 aromatic carbocycles. The fourth-order valence-electron chi connectivity index (χ4n) is 1.46. The van der Waals surface area contributed by atoms with Crippen LogP contribution >= 0.6 is 15.9 Å². The third kappa shape index (κ3) is 3.14. The van der Waals surface area contributed by atoms with Gasteiger partial charge in [-0.15, -0.1) is 0 Å². The molecule has 8 heteroatoms. The lowest BCUT2D eigenvalue weighted by atomic mass is 10.2. The predicted octanol–water partition coefficient (Wildman–Crippen LogP) is 2.34. The summed E-state index contributed by atoms with van der Waals surface area (Å²) in [5.74, 6) is -1.06. The third-order valence-corrected chi connectivity index (χ3v) is 4.43. The summed E-state index contributed by atoms with van der Waals surface area (Å²) in [6.45, 7) is 0. The van der Waals surface area contributed by atoms with E-state index in [4.69, 9.17) is 5.11 Å². The van der Waals surface area contributed by atoms with Crippen molar-refractivity contribution in [2.45, 2.75) is 4.90 Å². The molecule has 0 aliphatic carbocycles. The molecule has 0 unspecified atom stereocenters. The summed E-state index contributed by atoms with van der Waals surface area (Å²) in [7, 11) is -3.88. The van der Waals surface area contributed by atoms with Gasteiger partial charge in [0.1, 0.15) is 5.82 Å². The number of hydrogen-bond acceptors (Lipinski definition) is 4. The van der Waals surface area contributed by atoms with E-state index >= 15 is 0 Å². The number of pyridine rings is 1. The molecule has 20 heavy (non-hydrogen) atoms. The molecular weight excluding hydrogens is 348 g/mol. The number of nitrogens with zero attached hydrogens (tertiary/aromatic N) is 1. The maximum absolute atomic E-state index is 12.1. The van der Waals surface area contributed by atoms with Crippen molar-refractivity contribution in [2.24, 2.45) is 0 Å². The molecule has 0 saturated heterocycles. The van der Waals surface area contributed by atoms with Crippen LogP contribution in [0, 0.1) is 0 Å². The minimum Gasteiger partial charge on any atom is -0.478 e. The van der Waals surface area contributed by atoms with Crippen LogP contribution in [0.5, 0.6) is 0 Å². The first kappa shape index (κ1) is 14.5. The van der Waals surface area contributed by atoms with Gasteiger partial charge in [-0.2, -0.15) is 0 Å². The van der Waals surface area contributed by atoms with E-state index in [1.807, 2.05) is 0 Å². The molecule has 0 aliphatic heterocycles. The first-order chi connectivity index (χ1) is 9.40. The number of halogens is 1. The maximum Gasteiger partial charge on any atom is 0.336 e. The molecule has 0 saturated carbocycles. The lowest BCUT2D eigenvalue weighted by Crippen LogP contribution is -2.14. The van der Waals surface area contributed by atoms with Gasteiger partial charge in [0.15, 0.2) is 0 Å². The monoisotopic (exact) mass is 356 g/mol. The van der Waals surface area contributed by atoms with Gasteiger partial charge >= 0.3 is 5.97 Å². The molecule has 2 aromatic rings. The molecular formula is C12H9BrN2O4S. The van der Waals surface area contributed by atoms with Crippen LogP contribution in [0.3, 0.4) is 0 Å². The molecule has 0 atom stereocenters. The Kier molecular flexibility index (Phi) is 4.05. The zero-order valence-electron chi connectivity index (χ0n) is 9.95. The second kappa shape index (κ2) is 5.59. The van der Waals surface area contributed by atoms with Gasteiger partial charge in [-0.05, 0) is 46.3 Å². The number of benzene rings is 1. The summed E-state index contributed by atoms with van der Waals surface area (Å²) >= 11 is 3.06. The molecule has 2 rings (SSSR count). The average molecular weight is 357 g/mol. The van der Waals surface area contributed by atoms with E-state index in [-0.39, 0.29) is 16.3 Å². The van der Waals surface area contributed by atoms with Crippen molar-refractivity contribution < 1.29 is 18.3 Å². The fourth-order valence-corrected chi connectivity index (χ4v) is 2.91. The first-order valence-corrected chi connectivity index (χ1v) is 7.64. The normalized spacial score (nSPS) is 11.1. The molecule has 0 fully saturated rings. The Morgan fingerprint density at radius 3 is 2.60 bits per heavy atom. The van der Waals surface area contributed by atoms with Crippen LogP contribution < -0.4 is 4.72 Å². The van der Waals surface area contributed by atoms with Crippen LogP contribution in [0.1, 0.15) is 10.4 Å². The van der Waals surface area contributed by atoms with Gasteiger partial charge in [-0.25, -0.2) is 18.2 Å². The Bertz CT molecular complexity index is 747. The largest absolute Gasteiger partial charge is 0.478 e. The van der Waals surface area contributed by atoms with Crippen LogP contribution in [0.25, 0.3) is 0 Å². The number of carbonyl (C=O) groups is 1. The highest BCUT2D eigenvalue weighted by molar-refractivity contribution is 9.10. The second-order valence-electron chi connectivity index (χ2n) is 3.77. The van der Waals surface area contributed by atoms with E-state index in [0.717, 1.165) is 6.07 Å². The highest BCUT2D eigenvalue weighted by atomic mass is 79.9. The van der Waals surface area contributed by atoms with Gasteiger partial charge < -0.3 is 5.11 Å². The zero-order chi connectivity index (χ0) is 14.8. The van der Waals surface area contributed by atoms with Gasteiger partial charge in [0, 0.05) is 10.7 Å². The van der Waals surface area contributed by atoms with Crippen molar-refractivity contribution in [2.75, 3.05) is 4.72 Å². The number of carboxylic acids is 1. The second-order valence-corrected chi connectivity index (χ2v) is 6.30. The predicted molar refractivity (Wildman–Crippen MR) is 76.1 cm³/mol. The topological polar surface area (TPSA) is 96.4 Å². The Morgan fingerprint density at radius 1 is 1.25 bits per heavy atom. The standard InChI is InChI=1S/C12H9BrN2O4S/c13-10-5-4-8(7-9(10)12(16)17)20(18,19)15-11-3-1-2-6-14-11/h1-7H,(H,14,15)(H,16,17). The SMILES string of the molecule is O=C(O)c1cc(S(=O)(=O)Nc2ccccn2)ccc1Br. The van der Waals surface area contributed by atoms with Crippen molar-refractivity contribution in [3.63, 3.8) is 0 Å². The molecule has 0 bridgehead atoms. The number of aromatic carboxylic acids is 1. The van der Waals surface area contributed by atoms with Crippen molar-refractivity contribution in [1.29, 1.82) is 0 Å². The molecule has 6 nitrogen and oxygen atoms in total. The molecule has 2 N–H and O–H groups in total. The number of aromatic nitrogens is 1. The van der Waals surface area contributed by atoms with E-state index in [1.165, 1.54) is 24.4 Å². The summed E-state index contributed by atoms with van der Waals surface area (Å²) in [5.41, 5.74) is -0.131. The van der Waals surface area contributed by atoms with Gasteiger partial charge in [-0.1, -0.05) is 6.07 Å². The van der Waals surface area contributed by atoms with E-state index in [9.17, 15) is 13.2 Å². The summed E-state index contributed by atoms with van der Waals surface area (Å²) in [4.78, 5) is 14.7. The van der Waals surface area contributed by atoms with Crippen molar-refractivity contribution in [3.8, 4) is 0 Å². The van der Waals surface area contributed by atoms with Crippen LogP contribution in [0.4, 0.5) is 5.82 Å². The van der Waals surface area contributed by atoms with Crippen molar-refractivity contribution in [3.05, 3.63) is 52.6 Å². The number of carboxylic acid groups (broad SMARTS) is 1. The fraction of sp³-hybridized carbons (Fsp3) is 0. The summed E-state index contributed by atoms with van der Waals surface area (Å²) in [6.07, 6.45) is 1.45.